The number of sulfonamides is 1. The van der Waals surface area contributed by atoms with Gasteiger partial charge in [0.25, 0.3) is 10.0 Å². The van der Waals surface area contributed by atoms with Crippen LogP contribution < -0.4 is 10.0 Å². The Kier molecular flexibility index (Phi) is 4.82. The molecular formula is C14H22N4O2S. The van der Waals surface area contributed by atoms with Crippen molar-refractivity contribution in [2.45, 2.75) is 51.0 Å². The molecule has 116 valence electrons. The zero-order valence-electron chi connectivity index (χ0n) is 12.6. The van der Waals surface area contributed by atoms with Gasteiger partial charge in [-0.2, -0.15) is 0 Å². The monoisotopic (exact) mass is 310 g/mol. The maximum absolute atomic E-state index is 12.1. The summed E-state index contributed by atoms with van der Waals surface area (Å²) < 4.78 is 26.6. The van der Waals surface area contributed by atoms with Crippen molar-refractivity contribution in [3.05, 3.63) is 18.5 Å². The predicted molar refractivity (Wildman–Crippen MR) is 83.8 cm³/mol. The molecule has 2 heterocycles. The SMILES string of the molecule is CC(C)CCCC(C)N=C1Nc2ccncc2S(=O)(=O)N1. The second-order valence-corrected chi connectivity index (χ2v) is 7.40. The van der Waals surface area contributed by atoms with Gasteiger partial charge in [-0.3, -0.25) is 4.98 Å². The van der Waals surface area contributed by atoms with Crippen LogP contribution >= 0.6 is 0 Å². The van der Waals surface area contributed by atoms with E-state index in [1.54, 1.807) is 12.3 Å². The number of rotatable bonds is 5. The van der Waals surface area contributed by atoms with Crippen molar-refractivity contribution in [1.29, 1.82) is 0 Å². The molecule has 0 saturated carbocycles. The molecule has 1 aromatic rings. The summed E-state index contributed by atoms with van der Waals surface area (Å²) in [6.45, 7) is 6.38. The summed E-state index contributed by atoms with van der Waals surface area (Å²) in [5.74, 6) is 0.960. The molecule has 0 spiro atoms. The summed E-state index contributed by atoms with van der Waals surface area (Å²) in [4.78, 5) is 8.41. The van der Waals surface area contributed by atoms with Crippen molar-refractivity contribution < 1.29 is 8.42 Å². The third-order valence-electron chi connectivity index (χ3n) is 3.31. The standard InChI is InChI=1S/C14H22N4O2S/c1-10(2)5-4-6-11(3)16-14-17-12-7-8-15-9-13(12)21(19,20)18-14/h7-11H,4-6H2,1-3H3,(H2,16,17,18). The number of hydrogen-bond donors (Lipinski definition) is 2. The summed E-state index contributed by atoms with van der Waals surface area (Å²) in [5, 5.41) is 3.00. The molecule has 1 unspecified atom stereocenters. The number of fused-ring (bicyclic) bond motifs is 1. The van der Waals surface area contributed by atoms with Gasteiger partial charge < -0.3 is 5.32 Å². The van der Waals surface area contributed by atoms with Gasteiger partial charge in [0.15, 0.2) is 0 Å². The quantitative estimate of drug-likeness (QED) is 0.874. The second kappa shape index (κ2) is 6.43. The first-order valence-electron chi connectivity index (χ1n) is 7.20. The Labute approximate surface area is 126 Å². The molecule has 2 N–H and O–H groups in total. The molecule has 0 aromatic carbocycles. The number of hydrogen-bond acceptors (Lipinski definition) is 4. The molecule has 1 aromatic heterocycles. The van der Waals surface area contributed by atoms with E-state index in [2.05, 4.69) is 33.9 Å². The lowest BCUT2D eigenvalue weighted by Crippen LogP contribution is -2.41. The highest BCUT2D eigenvalue weighted by Crippen LogP contribution is 2.23. The Morgan fingerprint density at radius 2 is 2.05 bits per heavy atom. The van der Waals surface area contributed by atoms with Crippen molar-refractivity contribution in [3.8, 4) is 0 Å². The fourth-order valence-electron chi connectivity index (χ4n) is 2.20. The fourth-order valence-corrected chi connectivity index (χ4v) is 3.27. The van der Waals surface area contributed by atoms with Gasteiger partial charge in [-0.1, -0.05) is 26.7 Å². The third kappa shape index (κ3) is 4.17. The molecule has 6 nitrogen and oxygen atoms in total. The highest BCUT2D eigenvalue weighted by molar-refractivity contribution is 7.90. The smallest absolute Gasteiger partial charge is 0.267 e. The van der Waals surface area contributed by atoms with Crippen LogP contribution in [0.15, 0.2) is 28.3 Å². The molecular weight excluding hydrogens is 288 g/mol. The maximum Gasteiger partial charge on any atom is 0.267 e. The zero-order chi connectivity index (χ0) is 15.5. The Bertz CT molecular complexity index is 626. The van der Waals surface area contributed by atoms with Gasteiger partial charge in [0.05, 0.1) is 11.7 Å². The number of aromatic nitrogens is 1. The highest BCUT2D eigenvalue weighted by atomic mass is 32.2. The first kappa shape index (κ1) is 15.8. The van der Waals surface area contributed by atoms with Crippen LogP contribution in [0.2, 0.25) is 0 Å². The van der Waals surface area contributed by atoms with Crippen molar-refractivity contribution >= 4 is 21.7 Å². The fraction of sp³-hybridized carbons (Fsp3) is 0.571. The van der Waals surface area contributed by atoms with Crippen LogP contribution in [0.1, 0.15) is 40.0 Å². The van der Waals surface area contributed by atoms with Crippen molar-refractivity contribution in [2.75, 3.05) is 5.32 Å². The Morgan fingerprint density at radius 3 is 2.76 bits per heavy atom. The molecule has 0 bridgehead atoms. The normalized spacial score (nSPS) is 19.7. The summed E-state index contributed by atoms with van der Waals surface area (Å²) in [7, 11) is -3.58. The lowest BCUT2D eigenvalue weighted by Gasteiger charge is -2.22. The minimum Gasteiger partial charge on any atom is -0.324 e. The van der Waals surface area contributed by atoms with E-state index in [1.165, 1.54) is 6.20 Å². The highest BCUT2D eigenvalue weighted by Gasteiger charge is 2.26. The molecule has 0 aliphatic carbocycles. The number of guanidine groups is 1. The Hall–Kier alpha value is -1.63. The van der Waals surface area contributed by atoms with Crippen LogP contribution in [-0.2, 0) is 10.0 Å². The lowest BCUT2D eigenvalue weighted by molar-refractivity contribution is 0.511. The molecule has 1 atom stereocenters. The third-order valence-corrected chi connectivity index (χ3v) is 4.68. The van der Waals surface area contributed by atoms with E-state index >= 15 is 0 Å². The minimum absolute atomic E-state index is 0.0670. The van der Waals surface area contributed by atoms with E-state index in [0.717, 1.165) is 19.3 Å². The van der Waals surface area contributed by atoms with Crippen molar-refractivity contribution in [3.63, 3.8) is 0 Å². The van der Waals surface area contributed by atoms with Gasteiger partial charge in [0.1, 0.15) is 4.90 Å². The summed E-state index contributed by atoms with van der Waals surface area (Å²) >= 11 is 0. The number of aliphatic imine (C=N–C) groups is 1. The first-order valence-corrected chi connectivity index (χ1v) is 8.68. The van der Waals surface area contributed by atoms with Crippen LogP contribution in [0.4, 0.5) is 5.69 Å². The van der Waals surface area contributed by atoms with Gasteiger partial charge in [-0.05, 0) is 25.3 Å². The van der Waals surface area contributed by atoms with E-state index in [1.807, 2.05) is 6.92 Å². The molecule has 0 radical (unpaired) electrons. The Morgan fingerprint density at radius 1 is 1.29 bits per heavy atom. The molecule has 2 rings (SSSR count). The number of nitrogens with one attached hydrogen (secondary N) is 2. The average molecular weight is 310 g/mol. The second-order valence-electron chi connectivity index (χ2n) is 5.75. The summed E-state index contributed by atoms with van der Waals surface area (Å²) in [5.41, 5.74) is 0.511. The molecule has 1 aliphatic heterocycles. The topological polar surface area (TPSA) is 83.5 Å². The van der Waals surface area contributed by atoms with Crippen LogP contribution in [0.5, 0.6) is 0 Å². The van der Waals surface area contributed by atoms with E-state index in [0.29, 0.717) is 11.6 Å². The largest absolute Gasteiger partial charge is 0.324 e. The van der Waals surface area contributed by atoms with E-state index in [9.17, 15) is 8.42 Å². The van der Waals surface area contributed by atoms with Crippen LogP contribution in [0, 0.1) is 5.92 Å². The maximum atomic E-state index is 12.1. The van der Waals surface area contributed by atoms with Crippen LogP contribution in [0.3, 0.4) is 0 Å². The summed E-state index contributed by atoms with van der Waals surface area (Å²) in [6.07, 6.45) is 6.06. The number of pyridine rings is 1. The van der Waals surface area contributed by atoms with Crippen LogP contribution in [-0.4, -0.2) is 25.4 Å². The Balaban J connectivity index is 2.08. The summed E-state index contributed by atoms with van der Waals surface area (Å²) in [6, 6.07) is 1.70. The van der Waals surface area contributed by atoms with Gasteiger partial charge in [-0.15, -0.1) is 0 Å². The molecule has 0 saturated heterocycles. The number of nitrogens with zero attached hydrogens (tertiary/aromatic N) is 2. The van der Waals surface area contributed by atoms with Gasteiger partial charge in [0.2, 0.25) is 5.96 Å². The lowest BCUT2D eigenvalue weighted by atomic mass is 10.0. The van der Waals surface area contributed by atoms with Crippen LogP contribution in [0.25, 0.3) is 0 Å². The zero-order valence-corrected chi connectivity index (χ0v) is 13.4. The molecule has 0 fully saturated rings. The first-order chi connectivity index (χ1) is 9.88. The van der Waals surface area contributed by atoms with Crippen molar-refractivity contribution in [1.82, 2.24) is 9.71 Å². The minimum atomic E-state index is -3.58. The number of anilines is 1. The van der Waals surface area contributed by atoms with E-state index in [4.69, 9.17) is 0 Å². The molecule has 1 aliphatic rings. The predicted octanol–water partition coefficient (Wildman–Crippen LogP) is 2.36. The van der Waals surface area contributed by atoms with E-state index < -0.39 is 10.0 Å². The van der Waals surface area contributed by atoms with E-state index in [-0.39, 0.29) is 16.9 Å². The van der Waals surface area contributed by atoms with Gasteiger partial charge in [-0.25, -0.2) is 18.1 Å². The molecule has 0 amide bonds. The van der Waals surface area contributed by atoms with Gasteiger partial charge >= 0.3 is 0 Å². The van der Waals surface area contributed by atoms with Crippen molar-refractivity contribution in [2.24, 2.45) is 10.9 Å². The average Bonchev–Trinajstić information content (AvgIpc) is 2.37. The molecule has 7 heteroatoms. The molecule has 21 heavy (non-hydrogen) atoms. The van der Waals surface area contributed by atoms with Gasteiger partial charge in [0, 0.05) is 12.4 Å².